The summed E-state index contributed by atoms with van der Waals surface area (Å²) in [5.41, 5.74) is 5.96. The molecule has 198 valence electrons. The van der Waals surface area contributed by atoms with E-state index in [0.29, 0.717) is 5.56 Å². The van der Waals surface area contributed by atoms with Gasteiger partial charge in [0.15, 0.2) is 6.61 Å². The minimum atomic E-state index is -2.28. The van der Waals surface area contributed by atoms with Crippen LogP contribution in [0.5, 0.6) is 0 Å². The molecule has 1 heterocycles. The highest BCUT2D eigenvalue weighted by molar-refractivity contribution is 7.39. The van der Waals surface area contributed by atoms with Crippen LogP contribution < -0.4 is 0 Å². The lowest BCUT2D eigenvalue weighted by molar-refractivity contribution is -0.138. The highest BCUT2D eigenvalue weighted by atomic mass is 31.1. The first-order chi connectivity index (χ1) is 18.1. The van der Waals surface area contributed by atoms with Crippen LogP contribution >= 0.6 is 8.03 Å². The van der Waals surface area contributed by atoms with Crippen molar-refractivity contribution in [1.29, 1.82) is 0 Å². The van der Waals surface area contributed by atoms with Gasteiger partial charge in [0.2, 0.25) is 6.16 Å². The molecule has 0 aliphatic heterocycles. The van der Waals surface area contributed by atoms with E-state index in [4.69, 9.17) is 14.6 Å². The minimum Gasteiger partial charge on any atom is -0.481 e. The van der Waals surface area contributed by atoms with Gasteiger partial charge in [0.05, 0.1) is 23.4 Å². The maximum Gasteiger partial charge on any atom is 0.511 e. The van der Waals surface area contributed by atoms with E-state index >= 15 is 0 Å². The van der Waals surface area contributed by atoms with E-state index in [2.05, 4.69) is 25.7 Å². The molecule has 0 saturated heterocycles. The van der Waals surface area contributed by atoms with Crippen LogP contribution in [0.1, 0.15) is 62.8 Å². The molecule has 2 atom stereocenters. The Kier molecular flexibility index (Phi) is 10.3. The fraction of sp³-hybridized carbons (Fsp3) is 0.333. The molecule has 0 bridgehead atoms. The van der Waals surface area contributed by atoms with Crippen molar-refractivity contribution in [1.82, 2.24) is 4.98 Å². The third kappa shape index (κ3) is 7.55. The average Bonchev–Trinajstić information content (AvgIpc) is 2.86. The topological polar surface area (TPSA) is 96.7 Å². The molecule has 0 aliphatic rings. The summed E-state index contributed by atoms with van der Waals surface area (Å²) >= 11 is 0. The van der Waals surface area contributed by atoms with Gasteiger partial charge in [0, 0.05) is 11.1 Å². The molecule has 2 aromatic carbocycles. The van der Waals surface area contributed by atoms with E-state index in [0.717, 1.165) is 33.6 Å². The molecule has 0 saturated carbocycles. The van der Waals surface area contributed by atoms with Crippen LogP contribution in [0.4, 0.5) is 4.39 Å². The Labute approximate surface area is 223 Å². The first kappa shape index (κ1) is 29.1. The number of nitrogens with zero attached hydrogens (tertiary/aromatic N) is 1. The molecule has 1 aromatic heterocycles. The van der Waals surface area contributed by atoms with Gasteiger partial charge in [-0.3, -0.25) is 9.78 Å². The lowest BCUT2D eigenvalue weighted by Gasteiger charge is -2.23. The third-order valence-electron chi connectivity index (χ3n) is 5.83. The lowest BCUT2D eigenvalue weighted by atomic mass is 9.84. The Hall–Kier alpha value is -3.43. The molecule has 2 unspecified atom stereocenters. The van der Waals surface area contributed by atoms with Gasteiger partial charge in [-0.1, -0.05) is 82.0 Å². The lowest BCUT2D eigenvalue weighted by Crippen LogP contribution is -2.15. The molecule has 0 amide bonds. The Morgan fingerprint density at radius 1 is 1.03 bits per heavy atom. The molecule has 3 aromatic rings. The average molecular weight is 537 g/mol. The summed E-state index contributed by atoms with van der Waals surface area (Å²) in [5, 5.41) is 18.4. The standard InChI is InChI=1S/C30H31FNO5P/c1-19(2)27-28(21-12-14-23(31)15-13-21)25(11-8-16-37-38(36)18-24(33)17-26(34)35)29(20(3)4)32-30(27)22-9-6-5-7-10-22/h5-7,9-10,12-15,19-20,24,33H,16-18H2,1-4H3/p+1. The molecule has 3 rings (SSSR count). The second kappa shape index (κ2) is 13.4. The van der Waals surface area contributed by atoms with Gasteiger partial charge in [-0.05, 0) is 39.7 Å². The van der Waals surface area contributed by atoms with Crippen molar-refractivity contribution in [3.63, 3.8) is 0 Å². The summed E-state index contributed by atoms with van der Waals surface area (Å²) in [5.74, 6) is 4.67. The van der Waals surface area contributed by atoms with Crippen LogP contribution in [0.2, 0.25) is 0 Å². The summed E-state index contributed by atoms with van der Waals surface area (Å²) in [6.45, 7) is 8.05. The number of aromatic nitrogens is 1. The molecule has 0 radical (unpaired) electrons. The second-order valence-electron chi connectivity index (χ2n) is 9.53. The number of carboxylic acid groups (broad SMARTS) is 1. The molecule has 0 aliphatic carbocycles. The van der Waals surface area contributed by atoms with E-state index < -0.39 is 26.5 Å². The van der Waals surface area contributed by atoms with Crippen LogP contribution in [0.3, 0.4) is 0 Å². The van der Waals surface area contributed by atoms with Gasteiger partial charge in [-0.15, -0.1) is 4.52 Å². The van der Waals surface area contributed by atoms with Crippen molar-refractivity contribution in [2.75, 3.05) is 12.8 Å². The molecular formula is C30H32FNO5P+. The maximum absolute atomic E-state index is 13.9. The number of aliphatic carboxylic acids is 1. The largest absolute Gasteiger partial charge is 0.511 e. The molecule has 38 heavy (non-hydrogen) atoms. The minimum absolute atomic E-state index is 0.0193. The van der Waals surface area contributed by atoms with Crippen LogP contribution in [0.15, 0.2) is 54.6 Å². The molecule has 2 N–H and O–H groups in total. The number of aliphatic hydroxyl groups is 1. The highest BCUT2D eigenvalue weighted by Crippen LogP contribution is 2.41. The number of hydrogen-bond acceptors (Lipinski definition) is 5. The summed E-state index contributed by atoms with van der Waals surface area (Å²) in [4.78, 5) is 15.8. The van der Waals surface area contributed by atoms with Gasteiger partial charge in [0.25, 0.3) is 0 Å². The molecule has 8 heteroatoms. The van der Waals surface area contributed by atoms with Crippen molar-refractivity contribution < 1.29 is 28.5 Å². The van der Waals surface area contributed by atoms with Gasteiger partial charge >= 0.3 is 14.0 Å². The van der Waals surface area contributed by atoms with Crippen molar-refractivity contribution in [2.45, 2.75) is 52.1 Å². The highest BCUT2D eigenvalue weighted by Gasteiger charge is 2.26. The fourth-order valence-corrected chi connectivity index (χ4v) is 4.96. The van der Waals surface area contributed by atoms with Crippen molar-refractivity contribution in [3.8, 4) is 34.2 Å². The Balaban J connectivity index is 2.12. The first-order valence-corrected chi connectivity index (χ1v) is 13.8. The maximum atomic E-state index is 13.9. The van der Waals surface area contributed by atoms with E-state index in [-0.39, 0.29) is 30.4 Å². The summed E-state index contributed by atoms with van der Waals surface area (Å²) in [6.07, 6.45) is -2.05. The molecule has 0 spiro atoms. The van der Waals surface area contributed by atoms with Crippen molar-refractivity contribution in [2.24, 2.45) is 0 Å². The second-order valence-corrected chi connectivity index (χ2v) is 10.8. The van der Waals surface area contributed by atoms with Gasteiger partial charge in [0.1, 0.15) is 11.9 Å². The van der Waals surface area contributed by atoms with Crippen LogP contribution in [0, 0.1) is 17.7 Å². The summed E-state index contributed by atoms with van der Waals surface area (Å²) < 4.78 is 31.3. The number of carbonyl (C=O) groups is 1. The van der Waals surface area contributed by atoms with Gasteiger partial charge < -0.3 is 10.2 Å². The predicted molar refractivity (Wildman–Crippen MR) is 147 cm³/mol. The number of pyridine rings is 1. The van der Waals surface area contributed by atoms with E-state index in [9.17, 15) is 18.9 Å². The summed E-state index contributed by atoms with van der Waals surface area (Å²) in [6, 6.07) is 16.2. The zero-order chi connectivity index (χ0) is 27.8. The van der Waals surface area contributed by atoms with Crippen molar-refractivity contribution in [3.05, 3.63) is 77.2 Å². The smallest absolute Gasteiger partial charge is 0.481 e. The number of aliphatic hydroxyl groups excluding tert-OH is 1. The Bertz CT molecular complexity index is 1350. The quantitative estimate of drug-likeness (QED) is 0.220. The zero-order valence-electron chi connectivity index (χ0n) is 21.9. The van der Waals surface area contributed by atoms with E-state index in [1.54, 1.807) is 12.1 Å². The number of halogens is 1. The Morgan fingerprint density at radius 2 is 1.68 bits per heavy atom. The number of carboxylic acids is 1. The number of benzene rings is 2. The monoisotopic (exact) mass is 536 g/mol. The predicted octanol–water partition coefficient (Wildman–Crippen LogP) is 6.75. The summed E-state index contributed by atoms with van der Waals surface area (Å²) in [7, 11) is -2.28. The molecule has 6 nitrogen and oxygen atoms in total. The van der Waals surface area contributed by atoms with E-state index in [1.807, 2.05) is 44.2 Å². The fourth-order valence-electron chi connectivity index (χ4n) is 4.18. The molecular weight excluding hydrogens is 504 g/mol. The Morgan fingerprint density at radius 3 is 2.26 bits per heavy atom. The number of rotatable bonds is 10. The van der Waals surface area contributed by atoms with E-state index in [1.165, 1.54) is 12.1 Å². The van der Waals surface area contributed by atoms with Crippen molar-refractivity contribution >= 4 is 14.0 Å². The third-order valence-corrected chi connectivity index (χ3v) is 6.97. The zero-order valence-corrected chi connectivity index (χ0v) is 22.8. The molecule has 0 fully saturated rings. The first-order valence-electron chi connectivity index (χ1n) is 12.4. The van der Waals surface area contributed by atoms with Crippen LogP contribution in [-0.4, -0.2) is 40.0 Å². The SMILES string of the molecule is CC(C)c1nc(-c2ccccc2)c(C(C)C)c(-c2ccc(F)cc2)c1C#CCO[P+](=O)CC(O)CC(=O)O. The van der Waals surface area contributed by atoms with Crippen LogP contribution in [0.25, 0.3) is 22.4 Å². The van der Waals surface area contributed by atoms with Gasteiger partial charge in [-0.25, -0.2) is 4.39 Å². The normalized spacial score (nSPS) is 12.3. The van der Waals surface area contributed by atoms with Gasteiger partial charge in [-0.2, -0.15) is 0 Å². The number of hydrogen-bond donors (Lipinski definition) is 2. The van der Waals surface area contributed by atoms with Crippen LogP contribution in [-0.2, 0) is 13.9 Å².